The summed E-state index contributed by atoms with van der Waals surface area (Å²) in [5.74, 6) is 0.968. The molecule has 1 atom stereocenters. The number of nitrogens with one attached hydrogen (secondary N) is 2. The van der Waals surface area contributed by atoms with E-state index in [0.717, 1.165) is 13.0 Å². The Morgan fingerprint density at radius 2 is 2.10 bits per heavy atom. The summed E-state index contributed by atoms with van der Waals surface area (Å²) in [4.78, 5) is 18.5. The summed E-state index contributed by atoms with van der Waals surface area (Å²) < 4.78 is 34.8. The average molecular weight is 412 g/mol. The number of carbonyl (C=O) groups excluding carboxylic acids is 1. The number of benzene rings is 1. The van der Waals surface area contributed by atoms with Gasteiger partial charge in [-0.05, 0) is 31.0 Å². The maximum absolute atomic E-state index is 12.6. The van der Waals surface area contributed by atoms with E-state index in [1.165, 1.54) is 13.2 Å². The number of nitrogens with zero attached hydrogens (tertiary/aromatic N) is 2. The number of likely N-dealkylation sites (tertiary alicyclic amines) is 1. The number of rotatable bonds is 8. The van der Waals surface area contributed by atoms with Crippen molar-refractivity contribution in [1.29, 1.82) is 0 Å². The molecule has 0 aromatic heterocycles. The maximum Gasteiger partial charge on any atom is 0.387 e. The second-order valence-electron chi connectivity index (χ2n) is 7.13. The number of guanidine groups is 1. The van der Waals surface area contributed by atoms with Crippen molar-refractivity contribution in [2.45, 2.75) is 46.4 Å². The zero-order valence-corrected chi connectivity index (χ0v) is 17.4. The molecule has 0 radical (unpaired) electrons. The van der Waals surface area contributed by atoms with E-state index in [4.69, 9.17) is 4.74 Å². The Bertz CT molecular complexity index is 713. The lowest BCUT2D eigenvalue weighted by atomic mass is 10.2. The third-order valence-corrected chi connectivity index (χ3v) is 4.54. The molecular weight excluding hydrogens is 382 g/mol. The predicted molar refractivity (Wildman–Crippen MR) is 107 cm³/mol. The second kappa shape index (κ2) is 10.8. The van der Waals surface area contributed by atoms with Crippen LogP contribution in [0.2, 0.25) is 0 Å². The van der Waals surface area contributed by atoms with Gasteiger partial charge in [0.05, 0.1) is 13.7 Å². The maximum atomic E-state index is 12.6. The van der Waals surface area contributed by atoms with Crippen molar-refractivity contribution >= 4 is 11.9 Å². The number of methoxy groups -OCH3 is 1. The summed E-state index contributed by atoms with van der Waals surface area (Å²) >= 11 is 0. The lowest BCUT2D eigenvalue weighted by molar-refractivity contribution is -0.133. The Morgan fingerprint density at radius 3 is 2.72 bits per heavy atom. The summed E-state index contributed by atoms with van der Waals surface area (Å²) in [7, 11) is 1.40. The standard InChI is InChI=1S/C20H30F2N4O3/c1-5-23-20(25-15-8-9-26(12-15)18(27)13(2)3)24-11-14-6-7-16(28-4)17(10-14)29-19(21)22/h6-7,10,13,15,19H,5,8-9,11-12H2,1-4H3,(H2,23,24,25). The van der Waals surface area contributed by atoms with Crippen LogP contribution < -0.4 is 20.1 Å². The van der Waals surface area contributed by atoms with Gasteiger partial charge < -0.3 is 25.0 Å². The Labute approximate surface area is 170 Å². The molecule has 0 saturated carbocycles. The van der Waals surface area contributed by atoms with Gasteiger partial charge in [-0.3, -0.25) is 4.79 Å². The van der Waals surface area contributed by atoms with Crippen LogP contribution in [0.3, 0.4) is 0 Å². The van der Waals surface area contributed by atoms with Gasteiger partial charge in [-0.1, -0.05) is 19.9 Å². The molecule has 1 aliphatic heterocycles. The van der Waals surface area contributed by atoms with E-state index in [1.807, 2.05) is 25.7 Å². The van der Waals surface area contributed by atoms with Gasteiger partial charge in [-0.25, -0.2) is 4.99 Å². The molecule has 2 N–H and O–H groups in total. The molecule has 1 heterocycles. The molecule has 162 valence electrons. The molecule has 0 aliphatic carbocycles. The van der Waals surface area contributed by atoms with E-state index >= 15 is 0 Å². The van der Waals surface area contributed by atoms with Crippen molar-refractivity contribution in [2.75, 3.05) is 26.7 Å². The van der Waals surface area contributed by atoms with E-state index in [1.54, 1.807) is 12.1 Å². The number of carbonyl (C=O) groups is 1. The molecule has 1 aromatic rings. The smallest absolute Gasteiger partial charge is 0.387 e. The zero-order chi connectivity index (χ0) is 21.4. The average Bonchev–Trinajstić information content (AvgIpc) is 3.13. The lowest BCUT2D eigenvalue weighted by Gasteiger charge is -2.20. The number of alkyl halides is 2. The van der Waals surface area contributed by atoms with Gasteiger partial charge in [0.2, 0.25) is 5.91 Å². The molecule has 29 heavy (non-hydrogen) atoms. The minimum Gasteiger partial charge on any atom is -0.493 e. The van der Waals surface area contributed by atoms with Gasteiger partial charge in [0, 0.05) is 31.6 Å². The Morgan fingerprint density at radius 1 is 1.34 bits per heavy atom. The molecule has 0 bridgehead atoms. The molecule has 1 aromatic carbocycles. The summed E-state index contributed by atoms with van der Waals surface area (Å²) in [5, 5.41) is 6.52. The van der Waals surface area contributed by atoms with Gasteiger partial charge in [-0.2, -0.15) is 8.78 Å². The molecule has 1 amide bonds. The van der Waals surface area contributed by atoms with Crippen LogP contribution in [-0.2, 0) is 11.3 Å². The highest BCUT2D eigenvalue weighted by atomic mass is 19.3. The molecule has 1 fully saturated rings. The Hall–Kier alpha value is -2.58. The van der Waals surface area contributed by atoms with Crippen LogP contribution in [0.4, 0.5) is 8.78 Å². The van der Waals surface area contributed by atoms with E-state index < -0.39 is 6.61 Å². The minimum absolute atomic E-state index is 0.0182. The van der Waals surface area contributed by atoms with Gasteiger partial charge >= 0.3 is 6.61 Å². The Kier molecular flexibility index (Phi) is 8.48. The minimum atomic E-state index is -2.93. The highest BCUT2D eigenvalue weighted by Crippen LogP contribution is 2.29. The van der Waals surface area contributed by atoms with Crippen molar-refractivity contribution in [3.63, 3.8) is 0 Å². The van der Waals surface area contributed by atoms with Crippen LogP contribution >= 0.6 is 0 Å². The first kappa shape index (κ1) is 22.7. The third-order valence-electron chi connectivity index (χ3n) is 4.54. The molecule has 0 spiro atoms. The van der Waals surface area contributed by atoms with Crippen LogP contribution in [0.15, 0.2) is 23.2 Å². The summed E-state index contributed by atoms with van der Waals surface area (Å²) in [6.07, 6.45) is 0.845. The van der Waals surface area contributed by atoms with Crippen molar-refractivity contribution in [2.24, 2.45) is 10.9 Å². The number of halogens is 2. The first-order valence-electron chi connectivity index (χ1n) is 9.79. The fourth-order valence-corrected chi connectivity index (χ4v) is 3.13. The summed E-state index contributed by atoms with van der Waals surface area (Å²) in [6.45, 7) is 5.14. The highest BCUT2D eigenvalue weighted by Gasteiger charge is 2.27. The van der Waals surface area contributed by atoms with Crippen molar-refractivity contribution in [3.05, 3.63) is 23.8 Å². The van der Waals surface area contributed by atoms with Gasteiger partial charge in [0.15, 0.2) is 17.5 Å². The number of hydrogen-bond acceptors (Lipinski definition) is 4. The van der Waals surface area contributed by atoms with Gasteiger partial charge in [0.25, 0.3) is 0 Å². The van der Waals surface area contributed by atoms with E-state index in [-0.39, 0.29) is 35.9 Å². The van der Waals surface area contributed by atoms with Crippen LogP contribution in [-0.4, -0.2) is 56.2 Å². The fraction of sp³-hybridized carbons (Fsp3) is 0.600. The second-order valence-corrected chi connectivity index (χ2v) is 7.13. The van der Waals surface area contributed by atoms with E-state index in [2.05, 4.69) is 20.4 Å². The topological polar surface area (TPSA) is 75.2 Å². The van der Waals surface area contributed by atoms with Crippen LogP contribution in [0.5, 0.6) is 11.5 Å². The summed E-state index contributed by atoms with van der Waals surface area (Å²) in [5.41, 5.74) is 0.710. The monoisotopic (exact) mass is 412 g/mol. The number of aliphatic imine (C=N–C) groups is 1. The Balaban J connectivity index is 2.03. The number of amides is 1. The molecule has 9 heteroatoms. The number of ether oxygens (including phenoxy) is 2. The van der Waals surface area contributed by atoms with Crippen LogP contribution in [0, 0.1) is 5.92 Å². The fourth-order valence-electron chi connectivity index (χ4n) is 3.13. The first-order chi connectivity index (χ1) is 13.8. The van der Waals surface area contributed by atoms with Crippen molar-refractivity contribution in [1.82, 2.24) is 15.5 Å². The van der Waals surface area contributed by atoms with Crippen molar-refractivity contribution < 1.29 is 23.0 Å². The van der Waals surface area contributed by atoms with Gasteiger partial charge in [-0.15, -0.1) is 0 Å². The zero-order valence-electron chi connectivity index (χ0n) is 17.4. The number of hydrogen-bond donors (Lipinski definition) is 2. The predicted octanol–water partition coefficient (Wildman–Crippen LogP) is 2.61. The highest BCUT2D eigenvalue weighted by molar-refractivity contribution is 5.81. The van der Waals surface area contributed by atoms with Crippen LogP contribution in [0.25, 0.3) is 0 Å². The molecule has 2 rings (SSSR count). The molecule has 1 unspecified atom stereocenters. The third kappa shape index (κ3) is 6.76. The molecule has 7 nitrogen and oxygen atoms in total. The summed E-state index contributed by atoms with van der Waals surface area (Å²) in [6, 6.07) is 4.94. The van der Waals surface area contributed by atoms with E-state index in [0.29, 0.717) is 24.6 Å². The quantitative estimate of drug-likeness (QED) is 0.507. The van der Waals surface area contributed by atoms with Gasteiger partial charge in [0.1, 0.15) is 0 Å². The SMILES string of the molecule is CCNC(=NCc1ccc(OC)c(OC(F)F)c1)NC1CCN(C(=O)C(C)C)C1. The normalized spacial score (nSPS) is 17.0. The van der Waals surface area contributed by atoms with E-state index in [9.17, 15) is 13.6 Å². The first-order valence-corrected chi connectivity index (χ1v) is 9.79. The largest absolute Gasteiger partial charge is 0.493 e. The molecular formula is C20H30F2N4O3. The van der Waals surface area contributed by atoms with Crippen molar-refractivity contribution in [3.8, 4) is 11.5 Å². The molecule has 1 aliphatic rings. The lowest BCUT2D eigenvalue weighted by Crippen LogP contribution is -2.45. The molecule has 1 saturated heterocycles. The van der Waals surface area contributed by atoms with Crippen LogP contribution in [0.1, 0.15) is 32.8 Å².